The average molecular weight is 299 g/mol. The first-order valence-electron chi connectivity index (χ1n) is 7.46. The van der Waals surface area contributed by atoms with Crippen LogP contribution in [-0.2, 0) is 11.8 Å². The molecule has 0 aliphatic heterocycles. The van der Waals surface area contributed by atoms with E-state index >= 15 is 0 Å². The Morgan fingerprint density at radius 3 is 2.50 bits per heavy atom. The highest BCUT2D eigenvalue weighted by atomic mass is 16.2. The fourth-order valence-corrected chi connectivity index (χ4v) is 2.25. The number of hydrogen-bond acceptors (Lipinski definition) is 3. The van der Waals surface area contributed by atoms with Crippen LogP contribution in [0.15, 0.2) is 36.7 Å². The molecule has 5 heteroatoms. The van der Waals surface area contributed by atoms with E-state index in [1.807, 2.05) is 6.92 Å². The van der Waals surface area contributed by atoms with Gasteiger partial charge in [-0.15, -0.1) is 0 Å². The average Bonchev–Trinajstić information content (AvgIpc) is 2.93. The van der Waals surface area contributed by atoms with E-state index in [9.17, 15) is 9.59 Å². The highest BCUT2D eigenvalue weighted by Crippen LogP contribution is 2.15. The van der Waals surface area contributed by atoms with Crippen LogP contribution >= 0.6 is 0 Å². The van der Waals surface area contributed by atoms with Gasteiger partial charge in [-0.2, -0.15) is 0 Å². The van der Waals surface area contributed by atoms with Crippen LogP contribution in [0, 0.1) is 5.92 Å². The predicted octanol–water partition coefficient (Wildman–Crippen LogP) is 3.03. The van der Waals surface area contributed by atoms with Crippen molar-refractivity contribution in [2.75, 3.05) is 5.32 Å². The first-order valence-corrected chi connectivity index (χ1v) is 7.46. The van der Waals surface area contributed by atoms with E-state index in [1.165, 1.54) is 0 Å². The van der Waals surface area contributed by atoms with E-state index in [0.717, 1.165) is 12.8 Å². The third kappa shape index (κ3) is 3.61. The molecule has 0 radical (unpaired) electrons. The minimum Gasteiger partial charge on any atom is -0.331 e. The van der Waals surface area contributed by atoms with Crippen molar-refractivity contribution in [2.45, 2.75) is 26.7 Å². The van der Waals surface area contributed by atoms with Crippen molar-refractivity contribution < 1.29 is 9.59 Å². The molecule has 1 N–H and O–H groups in total. The number of nitrogens with zero attached hydrogens (tertiary/aromatic N) is 2. The van der Waals surface area contributed by atoms with Gasteiger partial charge in [0.25, 0.3) is 0 Å². The van der Waals surface area contributed by atoms with Gasteiger partial charge < -0.3 is 9.88 Å². The minimum absolute atomic E-state index is 0.00466. The van der Waals surface area contributed by atoms with E-state index in [2.05, 4.69) is 17.2 Å². The normalized spacial score (nSPS) is 12.0. The largest absolute Gasteiger partial charge is 0.331 e. The van der Waals surface area contributed by atoms with Gasteiger partial charge in [0, 0.05) is 36.6 Å². The third-order valence-corrected chi connectivity index (χ3v) is 3.61. The summed E-state index contributed by atoms with van der Waals surface area (Å²) in [6.07, 6.45) is 5.17. The number of amides is 1. The zero-order chi connectivity index (χ0) is 16.1. The second-order valence-corrected chi connectivity index (χ2v) is 5.45. The number of carbonyl (C=O) groups excluding carboxylic acids is 2. The van der Waals surface area contributed by atoms with Gasteiger partial charge in [-0.25, -0.2) is 4.98 Å². The lowest BCUT2D eigenvalue weighted by molar-refractivity contribution is -0.119. The standard InChI is InChI=1S/C17H21N3O2/c1-4-5-12(2)17(22)19-14-8-6-13(7-9-14)15(21)16-18-10-11-20(16)3/h6-12H,4-5H2,1-3H3,(H,19,22). The SMILES string of the molecule is CCCC(C)C(=O)Nc1ccc(C(=O)c2nccn2C)cc1. The molecule has 0 bridgehead atoms. The minimum atomic E-state index is -0.135. The number of nitrogens with one attached hydrogen (secondary N) is 1. The molecule has 0 aliphatic rings. The number of carbonyl (C=O) groups is 2. The highest BCUT2D eigenvalue weighted by Gasteiger charge is 2.15. The predicted molar refractivity (Wildman–Crippen MR) is 85.8 cm³/mol. The summed E-state index contributed by atoms with van der Waals surface area (Å²) in [5, 5.41) is 2.87. The van der Waals surface area contributed by atoms with Crippen LogP contribution in [0.5, 0.6) is 0 Å². The number of imidazole rings is 1. The van der Waals surface area contributed by atoms with E-state index < -0.39 is 0 Å². The number of anilines is 1. The number of aromatic nitrogens is 2. The van der Waals surface area contributed by atoms with E-state index in [4.69, 9.17) is 0 Å². The molecule has 5 nitrogen and oxygen atoms in total. The first-order chi connectivity index (χ1) is 10.5. The van der Waals surface area contributed by atoms with Crippen molar-refractivity contribution in [3.8, 4) is 0 Å². The van der Waals surface area contributed by atoms with Crippen LogP contribution in [0.4, 0.5) is 5.69 Å². The summed E-state index contributed by atoms with van der Waals surface area (Å²) in [5.74, 6) is 0.252. The van der Waals surface area contributed by atoms with Crippen molar-refractivity contribution in [2.24, 2.45) is 13.0 Å². The molecular weight excluding hydrogens is 278 g/mol. The topological polar surface area (TPSA) is 64.0 Å². The van der Waals surface area contributed by atoms with Crippen molar-refractivity contribution in [1.82, 2.24) is 9.55 Å². The molecule has 2 rings (SSSR count). The van der Waals surface area contributed by atoms with Gasteiger partial charge >= 0.3 is 0 Å². The van der Waals surface area contributed by atoms with Crippen molar-refractivity contribution in [3.63, 3.8) is 0 Å². The molecule has 0 spiro atoms. The summed E-state index contributed by atoms with van der Waals surface area (Å²) < 4.78 is 1.68. The molecule has 2 aromatic rings. The molecule has 0 saturated heterocycles. The molecule has 1 amide bonds. The number of rotatable bonds is 6. The van der Waals surface area contributed by atoms with Crippen molar-refractivity contribution >= 4 is 17.4 Å². The van der Waals surface area contributed by atoms with Crippen LogP contribution in [0.2, 0.25) is 0 Å². The molecule has 0 aliphatic carbocycles. The zero-order valence-electron chi connectivity index (χ0n) is 13.2. The monoisotopic (exact) mass is 299 g/mol. The fraction of sp³-hybridized carbons (Fsp3) is 0.353. The third-order valence-electron chi connectivity index (χ3n) is 3.61. The fourth-order valence-electron chi connectivity index (χ4n) is 2.25. The Hall–Kier alpha value is -2.43. The Morgan fingerprint density at radius 1 is 1.27 bits per heavy atom. The summed E-state index contributed by atoms with van der Waals surface area (Å²) in [7, 11) is 1.78. The number of hydrogen-bond donors (Lipinski definition) is 1. The van der Waals surface area contributed by atoms with Crippen LogP contribution in [0.25, 0.3) is 0 Å². The van der Waals surface area contributed by atoms with Crippen molar-refractivity contribution in [3.05, 3.63) is 48.0 Å². The lowest BCUT2D eigenvalue weighted by Gasteiger charge is -2.11. The molecular formula is C17H21N3O2. The Kier molecular flexibility index (Phi) is 5.09. The zero-order valence-corrected chi connectivity index (χ0v) is 13.2. The molecule has 1 atom stereocenters. The molecule has 22 heavy (non-hydrogen) atoms. The van der Waals surface area contributed by atoms with Gasteiger partial charge in [-0.1, -0.05) is 20.3 Å². The summed E-state index contributed by atoms with van der Waals surface area (Å²) in [5.41, 5.74) is 1.25. The quantitative estimate of drug-likeness (QED) is 0.834. The first kappa shape index (κ1) is 15.9. The Bertz CT molecular complexity index is 659. The Morgan fingerprint density at radius 2 is 1.95 bits per heavy atom. The van der Waals surface area contributed by atoms with Crippen molar-refractivity contribution in [1.29, 1.82) is 0 Å². The molecule has 1 aromatic carbocycles. The van der Waals surface area contributed by atoms with Crippen LogP contribution in [0.1, 0.15) is 42.9 Å². The van der Waals surface area contributed by atoms with Gasteiger partial charge in [0.05, 0.1) is 0 Å². The molecule has 1 heterocycles. The van der Waals surface area contributed by atoms with Gasteiger partial charge in [0.15, 0.2) is 5.82 Å². The molecule has 0 saturated carbocycles. The highest BCUT2D eigenvalue weighted by molar-refractivity contribution is 6.07. The van der Waals surface area contributed by atoms with E-state index in [1.54, 1.807) is 48.3 Å². The molecule has 0 fully saturated rings. The number of benzene rings is 1. The second-order valence-electron chi connectivity index (χ2n) is 5.45. The van der Waals surface area contributed by atoms with E-state index in [-0.39, 0.29) is 17.6 Å². The molecule has 116 valence electrons. The second kappa shape index (κ2) is 7.02. The Balaban J connectivity index is 2.06. The maximum Gasteiger partial charge on any atom is 0.228 e. The summed E-state index contributed by atoms with van der Waals surface area (Å²) >= 11 is 0. The lowest BCUT2D eigenvalue weighted by Crippen LogP contribution is -2.20. The van der Waals surface area contributed by atoms with Crippen LogP contribution in [-0.4, -0.2) is 21.2 Å². The number of ketones is 1. The van der Waals surface area contributed by atoms with Crippen LogP contribution in [0.3, 0.4) is 0 Å². The van der Waals surface area contributed by atoms with Gasteiger partial charge in [0.2, 0.25) is 11.7 Å². The summed E-state index contributed by atoms with van der Waals surface area (Å²) in [6, 6.07) is 6.90. The lowest BCUT2D eigenvalue weighted by atomic mass is 10.1. The molecule has 1 aromatic heterocycles. The Labute approximate surface area is 130 Å². The summed E-state index contributed by atoms with van der Waals surface area (Å²) in [6.45, 7) is 3.97. The summed E-state index contributed by atoms with van der Waals surface area (Å²) in [4.78, 5) is 28.3. The number of aryl methyl sites for hydroxylation is 1. The van der Waals surface area contributed by atoms with Crippen LogP contribution < -0.4 is 5.32 Å². The van der Waals surface area contributed by atoms with Gasteiger partial charge in [-0.05, 0) is 30.7 Å². The smallest absolute Gasteiger partial charge is 0.228 e. The maximum atomic E-state index is 12.3. The maximum absolute atomic E-state index is 12.3. The van der Waals surface area contributed by atoms with E-state index in [0.29, 0.717) is 17.1 Å². The van der Waals surface area contributed by atoms with Gasteiger partial charge in [-0.3, -0.25) is 9.59 Å². The van der Waals surface area contributed by atoms with Gasteiger partial charge in [0.1, 0.15) is 0 Å². The molecule has 1 unspecified atom stereocenters.